The summed E-state index contributed by atoms with van der Waals surface area (Å²) in [6.07, 6.45) is 8.02. The fourth-order valence-corrected chi connectivity index (χ4v) is 2.28. The predicted octanol–water partition coefficient (Wildman–Crippen LogP) is 3.31. The van der Waals surface area contributed by atoms with E-state index in [1.807, 2.05) is 18.6 Å². The van der Waals surface area contributed by atoms with Gasteiger partial charge in [0.15, 0.2) is 5.16 Å². The standard InChI is InChI=1S/C16H21N3S/c1-13(8-9-14-6-4-3-5-7-14)17-10-15-11-18-16(20-2)19-12-15/h3-7,11-13,17H,8-10H2,1-2H3/t13-/m1/s1. The van der Waals surface area contributed by atoms with E-state index in [0.29, 0.717) is 6.04 Å². The molecule has 0 spiro atoms. The Kier molecular flexibility index (Phi) is 6.02. The molecule has 0 radical (unpaired) electrons. The summed E-state index contributed by atoms with van der Waals surface area (Å²) in [4.78, 5) is 8.56. The van der Waals surface area contributed by atoms with Gasteiger partial charge in [-0.3, -0.25) is 0 Å². The average Bonchev–Trinajstić information content (AvgIpc) is 2.52. The normalized spacial score (nSPS) is 12.3. The van der Waals surface area contributed by atoms with Gasteiger partial charge in [-0.2, -0.15) is 0 Å². The van der Waals surface area contributed by atoms with E-state index in [1.165, 1.54) is 5.56 Å². The third-order valence-corrected chi connectivity index (χ3v) is 3.80. The number of nitrogens with zero attached hydrogens (tertiary/aromatic N) is 2. The van der Waals surface area contributed by atoms with Gasteiger partial charge in [-0.15, -0.1) is 0 Å². The van der Waals surface area contributed by atoms with Crippen molar-refractivity contribution in [2.45, 2.75) is 37.5 Å². The molecule has 106 valence electrons. The van der Waals surface area contributed by atoms with E-state index < -0.39 is 0 Å². The first kappa shape index (κ1) is 15.0. The lowest BCUT2D eigenvalue weighted by atomic mass is 10.1. The maximum atomic E-state index is 4.28. The van der Waals surface area contributed by atoms with Crippen molar-refractivity contribution in [1.82, 2.24) is 15.3 Å². The highest BCUT2D eigenvalue weighted by molar-refractivity contribution is 7.98. The van der Waals surface area contributed by atoms with Gasteiger partial charge >= 0.3 is 0 Å². The van der Waals surface area contributed by atoms with Crippen LogP contribution in [0.5, 0.6) is 0 Å². The van der Waals surface area contributed by atoms with Gasteiger partial charge in [-0.05, 0) is 31.6 Å². The maximum absolute atomic E-state index is 4.28. The largest absolute Gasteiger partial charge is 0.310 e. The van der Waals surface area contributed by atoms with Crippen LogP contribution in [0, 0.1) is 0 Å². The number of nitrogens with one attached hydrogen (secondary N) is 1. The summed E-state index contributed by atoms with van der Waals surface area (Å²) in [7, 11) is 0. The molecule has 1 N–H and O–H groups in total. The van der Waals surface area contributed by atoms with Crippen LogP contribution in [0.15, 0.2) is 47.9 Å². The monoisotopic (exact) mass is 287 g/mol. The van der Waals surface area contributed by atoms with E-state index in [-0.39, 0.29) is 0 Å². The minimum absolute atomic E-state index is 0.482. The molecule has 0 bridgehead atoms. The molecule has 0 aliphatic rings. The number of hydrogen-bond acceptors (Lipinski definition) is 4. The van der Waals surface area contributed by atoms with Gasteiger partial charge in [0.25, 0.3) is 0 Å². The summed E-state index contributed by atoms with van der Waals surface area (Å²) < 4.78 is 0. The minimum Gasteiger partial charge on any atom is -0.310 e. The summed E-state index contributed by atoms with van der Waals surface area (Å²) in [6, 6.07) is 11.1. The zero-order chi connectivity index (χ0) is 14.2. The van der Waals surface area contributed by atoms with E-state index in [0.717, 1.165) is 30.1 Å². The molecule has 0 amide bonds. The van der Waals surface area contributed by atoms with Crippen LogP contribution in [0.4, 0.5) is 0 Å². The molecule has 1 heterocycles. The number of rotatable bonds is 7. The Bertz CT molecular complexity index is 499. The van der Waals surface area contributed by atoms with Crippen LogP contribution in [-0.4, -0.2) is 22.3 Å². The van der Waals surface area contributed by atoms with Crippen LogP contribution in [0.1, 0.15) is 24.5 Å². The van der Waals surface area contributed by atoms with E-state index in [2.05, 4.69) is 52.5 Å². The van der Waals surface area contributed by atoms with Crippen LogP contribution in [0.3, 0.4) is 0 Å². The molecule has 2 rings (SSSR count). The quantitative estimate of drug-likeness (QED) is 0.626. The molecule has 4 heteroatoms. The molecule has 3 nitrogen and oxygen atoms in total. The summed E-state index contributed by atoms with van der Waals surface area (Å²) in [5.41, 5.74) is 2.53. The van der Waals surface area contributed by atoms with Gasteiger partial charge in [0, 0.05) is 30.5 Å². The second-order valence-corrected chi connectivity index (χ2v) is 5.66. The third-order valence-electron chi connectivity index (χ3n) is 3.23. The number of benzene rings is 1. The van der Waals surface area contributed by atoms with Crippen molar-refractivity contribution in [1.29, 1.82) is 0 Å². The number of hydrogen-bond donors (Lipinski definition) is 1. The van der Waals surface area contributed by atoms with Crippen molar-refractivity contribution in [2.24, 2.45) is 0 Å². The third kappa shape index (κ3) is 4.94. The summed E-state index contributed by atoms with van der Waals surface area (Å²) in [6.45, 7) is 3.05. The van der Waals surface area contributed by atoms with Crippen molar-refractivity contribution in [3.8, 4) is 0 Å². The van der Waals surface area contributed by atoms with E-state index in [9.17, 15) is 0 Å². The van der Waals surface area contributed by atoms with Gasteiger partial charge in [-0.1, -0.05) is 42.1 Å². The minimum atomic E-state index is 0.482. The Labute approximate surface area is 125 Å². The molecule has 0 saturated carbocycles. The van der Waals surface area contributed by atoms with Gasteiger partial charge in [-0.25, -0.2) is 9.97 Å². The van der Waals surface area contributed by atoms with Gasteiger partial charge in [0.2, 0.25) is 0 Å². The lowest BCUT2D eigenvalue weighted by molar-refractivity contribution is 0.512. The van der Waals surface area contributed by atoms with Crippen LogP contribution >= 0.6 is 11.8 Å². The predicted molar refractivity (Wildman–Crippen MR) is 84.9 cm³/mol. The first-order valence-electron chi connectivity index (χ1n) is 6.90. The van der Waals surface area contributed by atoms with Gasteiger partial charge < -0.3 is 5.32 Å². The SMILES string of the molecule is CSc1ncc(CN[C@H](C)CCc2ccccc2)cn1. The van der Waals surface area contributed by atoms with Crippen LogP contribution in [0.2, 0.25) is 0 Å². The van der Waals surface area contributed by atoms with Gasteiger partial charge in [0.1, 0.15) is 0 Å². The fraction of sp³-hybridized carbons (Fsp3) is 0.375. The molecular formula is C16H21N3S. The second-order valence-electron chi connectivity index (χ2n) is 4.88. The molecule has 1 aromatic carbocycles. The van der Waals surface area contributed by atoms with Crippen LogP contribution < -0.4 is 5.32 Å². The lowest BCUT2D eigenvalue weighted by Gasteiger charge is -2.13. The molecule has 1 aromatic heterocycles. The molecule has 2 aromatic rings. The van der Waals surface area contributed by atoms with Crippen molar-refractivity contribution in [2.75, 3.05) is 6.26 Å². The number of thioether (sulfide) groups is 1. The molecular weight excluding hydrogens is 266 g/mol. The first-order valence-corrected chi connectivity index (χ1v) is 8.12. The molecule has 1 atom stereocenters. The Morgan fingerprint density at radius 3 is 2.45 bits per heavy atom. The molecule has 0 fully saturated rings. The van der Waals surface area contributed by atoms with Crippen molar-refractivity contribution in [3.63, 3.8) is 0 Å². The summed E-state index contributed by atoms with van der Waals surface area (Å²) >= 11 is 1.57. The number of aromatic nitrogens is 2. The fourth-order valence-electron chi connectivity index (χ4n) is 1.96. The highest BCUT2D eigenvalue weighted by Crippen LogP contribution is 2.08. The van der Waals surface area contributed by atoms with Crippen LogP contribution in [0.25, 0.3) is 0 Å². The number of aryl methyl sites for hydroxylation is 1. The van der Waals surface area contributed by atoms with Gasteiger partial charge in [0.05, 0.1) is 0 Å². The first-order chi connectivity index (χ1) is 9.78. The molecule has 0 unspecified atom stereocenters. The van der Waals surface area contributed by atoms with E-state index in [4.69, 9.17) is 0 Å². The zero-order valence-corrected chi connectivity index (χ0v) is 12.9. The molecule has 0 aliphatic heterocycles. The summed E-state index contributed by atoms with van der Waals surface area (Å²) in [5.74, 6) is 0. The molecule has 0 aliphatic carbocycles. The van der Waals surface area contributed by atoms with Crippen molar-refractivity contribution >= 4 is 11.8 Å². The van der Waals surface area contributed by atoms with E-state index in [1.54, 1.807) is 11.8 Å². The zero-order valence-electron chi connectivity index (χ0n) is 12.0. The van der Waals surface area contributed by atoms with Crippen molar-refractivity contribution in [3.05, 3.63) is 53.9 Å². The highest BCUT2D eigenvalue weighted by Gasteiger charge is 2.03. The molecule has 20 heavy (non-hydrogen) atoms. The van der Waals surface area contributed by atoms with E-state index >= 15 is 0 Å². The maximum Gasteiger partial charge on any atom is 0.187 e. The Hall–Kier alpha value is -1.39. The van der Waals surface area contributed by atoms with Crippen LogP contribution in [-0.2, 0) is 13.0 Å². The smallest absolute Gasteiger partial charge is 0.187 e. The lowest BCUT2D eigenvalue weighted by Crippen LogP contribution is -2.26. The Morgan fingerprint density at radius 2 is 1.80 bits per heavy atom. The highest BCUT2D eigenvalue weighted by atomic mass is 32.2. The Morgan fingerprint density at radius 1 is 1.10 bits per heavy atom. The average molecular weight is 287 g/mol. The summed E-state index contributed by atoms with van der Waals surface area (Å²) in [5, 5.41) is 4.34. The molecule has 0 saturated heterocycles. The Balaban J connectivity index is 1.73. The van der Waals surface area contributed by atoms with Crippen molar-refractivity contribution < 1.29 is 0 Å². The topological polar surface area (TPSA) is 37.8 Å². The second kappa shape index (κ2) is 8.02.